The second-order valence-corrected chi connectivity index (χ2v) is 4.43. The van der Waals surface area contributed by atoms with Gasteiger partial charge in [-0.15, -0.1) is 0 Å². The number of carbonyl (C=O) groups is 2. The highest BCUT2D eigenvalue weighted by Crippen LogP contribution is 2.22. The van der Waals surface area contributed by atoms with Crippen LogP contribution in [0.4, 0.5) is 0 Å². The minimum Gasteiger partial charge on any atom is -0.452 e. The minimum atomic E-state index is -2.36. The number of hydrogen-bond acceptors (Lipinski definition) is 6. The van der Waals surface area contributed by atoms with Crippen molar-refractivity contribution in [3.8, 4) is 0 Å². The van der Waals surface area contributed by atoms with Gasteiger partial charge in [0.15, 0.2) is 6.10 Å². The second kappa shape index (κ2) is 6.49. The van der Waals surface area contributed by atoms with Crippen molar-refractivity contribution < 1.29 is 29.3 Å². The van der Waals surface area contributed by atoms with E-state index in [1.807, 2.05) is 0 Å². The van der Waals surface area contributed by atoms with Crippen LogP contribution in [0, 0.1) is 0 Å². The van der Waals surface area contributed by atoms with Crippen molar-refractivity contribution in [2.75, 3.05) is 0 Å². The molecule has 0 saturated carbocycles. The molecule has 0 heterocycles. The van der Waals surface area contributed by atoms with E-state index < -0.39 is 29.9 Å². The molecule has 0 aliphatic heterocycles. The third kappa shape index (κ3) is 4.50. The molecule has 2 N–H and O–H groups in total. The van der Waals surface area contributed by atoms with Crippen LogP contribution in [0.2, 0.25) is 0 Å². The van der Waals surface area contributed by atoms with Gasteiger partial charge in [0, 0.05) is 11.1 Å². The summed E-state index contributed by atoms with van der Waals surface area (Å²) in [5.41, 5.74) is 0.156. The molecule has 3 unspecified atom stereocenters. The molecule has 3 atom stereocenters. The van der Waals surface area contributed by atoms with Gasteiger partial charge < -0.3 is 19.7 Å². The lowest BCUT2D eigenvalue weighted by atomic mass is 10.1. The number of ether oxygens (including phenoxy) is 2. The Bertz CT molecular complexity index is 398. The zero-order valence-corrected chi connectivity index (χ0v) is 11.6. The zero-order valence-electron chi connectivity index (χ0n) is 11.6. The van der Waals surface area contributed by atoms with Crippen molar-refractivity contribution in [3.63, 3.8) is 0 Å². The van der Waals surface area contributed by atoms with Crippen molar-refractivity contribution in [2.45, 2.75) is 45.7 Å². The van der Waals surface area contributed by atoms with Crippen LogP contribution < -0.4 is 0 Å². The molecule has 0 amide bonds. The Morgan fingerprint density at radius 1 is 1.11 bits per heavy atom. The fourth-order valence-corrected chi connectivity index (χ4v) is 1.09. The predicted molar refractivity (Wildman–Crippen MR) is 67.9 cm³/mol. The van der Waals surface area contributed by atoms with E-state index in [9.17, 15) is 19.8 Å². The smallest absolute Gasteiger partial charge is 0.335 e. The van der Waals surface area contributed by atoms with Crippen LogP contribution in [0.25, 0.3) is 0 Å². The second-order valence-electron chi connectivity index (χ2n) is 4.43. The molecule has 0 aromatic rings. The molecule has 0 radical (unpaired) electrons. The van der Waals surface area contributed by atoms with Crippen molar-refractivity contribution >= 4 is 11.9 Å². The van der Waals surface area contributed by atoms with Crippen LogP contribution in [-0.2, 0) is 19.1 Å². The molecule has 19 heavy (non-hydrogen) atoms. The first-order chi connectivity index (χ1) is 8.52. The highest BCUT2D eigenvalue weighted by molar-refractivity contribution is 5.88. The molecular weight excluding hydrogens is 252 g/mol. The van der Waals surface area contributed by atoms with Crippen LogP contribution in [0.15, 0.2) is 24.3 Å². The first kappa shape index (κ1) is 17.3. The molecule has 0 aliphatic rings. The lowest BCUT2D eigenvalue weighted by Crippen LogP contribution is -2.54. The summed E-state index contributed by atoms with van der Waals surface area (Å²) in [5, 5.41) is 19.7. The van der Waals surface area contributed by atoms with Gasteiger partial charge in [-0.2, -0.15) is 0 Å². The minimum absolute atomic E-state index is 0.0394. The van der Waals surface area contributed by atoms with Crippen molar-refractivity contribution in [1.82, 2.24) is 0 Å². The average Bonchev–Trinajstić information content (AvgIpc) is 2.27. The monoisotopic (exact) mass is 272 g/mol. The van der Waals surface area contributed by atoms with Crippen molar-refractivity contribution in [3.05, 3.63) is 24.3 Å². The molecule has 0 spiro atoms. The summed E-state index contributed by atoms with van der Waals surface area (Å²) in [6, 6.07) is 0. The normalized spacial score (nSPS) is 16.7. The van der Waals surface area contributed by atoms with E-state index in [4.69, 9.17) is 9.47 Å². The van der Waals surface area contributed by atoms with E-state index in [2.05, 4.69) is 13.2 Å². The van der Waals surface area contributed by atoms with E-state index in [-0.39, 0.29) is 11.1 Å². The van der Waals surface area contributed by atoms with Crippen LogP contribution in [0.5, 0.6) is 0 Å². The first-order valence-corrected chi connectivity index (χ1v) is 5.68. The SMILES string of the molecule is C=C(C)C(=O)OC(C)C(O)(OC(=O)C(=C)C)C(C)O. The van der Waals surface area contributed by atoms with Gasteiger partial charge in [0.2, 0.25) is 0 Å². The summed E-state index contributed by atoms with van der Waals surface area (Å²) in [7, 11) is 0. The molecule has 0 aromatic carbocycles. The quantitative estimate of drug-likeness (QED) is 0.419. The average molecular weight is 272 g/mol. The third-order valence-electron chi connectivity index (χ3n) is 2.42. The van der Waals surface area contributed by atoms with E-state index in [1.165, 1.54) is 27.7 Å². The summed E-state index contributed by atoms with van der Waals surface area (Å²) in [4.78, 5) is 22.8. The van der Waals surface area contributed by atoms with Crippen molar-refractivity contribution in [1.29, 1.82) is 0 Å². The fourth-order valence-electron chi connectivity index (χ4n) is 1.09. The Morgan fingerprint density at radius 3 is 1.84 bits per heavy atom. The van der Waals surface area contributed by atoms with Crippen LogP contribution in [0.3, 0.4) is 0 Å². The number of aliphatic hydroxyl groups excluding tert-OH is 1. The lowest BCUT2D eigenvalue weighted by molar-refractivity contribution is -0.280. The standard InChI is InChI=1S/C13H20O6/c1-7(2)11(15)18-10(6)13(17,9(5)14)19-12(16)8(3)4/h9-10,14,17H,1,3H2,2,4-6H3. The summed E-state index contributed by atoms with van der Waals surface area (Å²) < 4.78 is 9.63. The van der Waals surface area contributed by atoms with Crippen LogP contribution >= 0.6 is 0 Å². The topological polar surface area (TPSA) is 93.1 Å². The highest BCUT2D eigenvalue weighted by atomic mass is 16.7. The Kier molecular flexibility index (Phi) is 5.92. The fraction of sp³-hybridized carbons (Fsp3) is 0.538. The molecule has 0 aliphatic carbocycles. The number of esters is 2. The number of carbonyl (C=O) groups excluding carboxylic acids is 2. The summed E-state index contributed by atoms with van der Waals surface area (Å²) in [6.07, 6.45) is -2.75. The third-order valence-corrected chi connectivity index (χ3v) is 2.42. The van der Waals surface area contributed by atoms with Gasteiger partial charge in [0.25, 0.3) is 5.79 Å². The molecule has 6 nitrogen and oxygen atoms in total. The molecule has 0 fully saturated rings. The van der Waals surface area contributed by atoms with Gasteiger partial charge in [0.05, 0.1) is 0 Å². The number of hydrogen-bond donors (Lipinski definition) is 2. The Balaban J connectivity index is 5.07. The summed E-state index contributed by atoms with van der Waals surface area (Å²) in [6.45, 7) is 12.0. The number of aliphatic hydroxyl groups is 2. The highest BCUT2D eigenvalue weighted by Gasteiger charge is 2.45. The molecule has 0 rings (SSSR count). The van der Waals surface area contributed by atoms with Gasteiger partial charge in [-0.1, -0.05) is 13.2 Å². The molecular formula is C13H20O6. The maximum Gasteiger partial charge on any atom is 0.335 e. The van der Waals surface area contributed by atoms with Crippen molar-refractivity contribution in [2.24, 2.45) is 0 Å². The molecule has 6 heteroatoms. The maximum atomic E-state index is 11.4. The Morgan fingerprint density at radius 2 is 1.53 bits per heavy atom. The van der Waals surface area contributed by atoms with E-state index in [1.54, 1.807) is 0 Å². The molecule has 0 bridgehead atoms. The zero-order chi connectivity index (χ0) is 15.4. The van der Waals surface area contributed by atoms with Crippen LogP contribution in [0.1, 0.15) is 27.7 Å². The van der Waals surface area contributed by atoms with E-state index >= 15 is 0 Å². The van der Waals surface area contributed by atoms with Crippen LogP contribution in [-0.4, -0.2) is 40.1 Å². The first-order valence-electron chi connectivity index (χ1n) is 5.68. The van der Waals surface area contributed by atoms with Gasteiger partial charge in [0.1, 0.15) is 6.10 Å². The lowest BCUT2D eigenvalue weighted by Gasteiger charge is -2.35. The van der Waals surface area contributed by atoms with Gasteiger partial charge in [-0.25, -0.2) is 9.59 Å². The van der Waals surface area contributed by atoms with E-state index in [0.29, 0.717) is 0 Å². The molecule has 0 aromatic heterocycles. The Labute approximate surface area is 112 Å². The summed E-state index contributed by atoms with van der Waals surface area (Å²) >= 11 is 0. The summed E-state index contributed by atoms with van der Waals surface area (Å²) in [5.74, 6) is -4.03. The predicted octanol–water partition coefficient (Wildman–Crippen LogP) is 0.683. The Hall–Kier alpha value is -1.66. The largest absolute Gasteiger partial charge is 0.452 e. The van der Waals surface area contributed by atoms with Gasteiger partial charge in [-0.3, -0.25) is 0 Å². The molecule has 0 saturated heterocycles. The maximum absolute atomic E-state index is 11.4. The number of rotatable bonds is 6. The van der Waals surface area contributed by atoms with E-state index in [0.717, 1.165) is 0 Å². The van der Waals surface area contributed by atoms with Gasteiger partial charge in [-0.05, 0) is 27.7 Å². The van der Waals surface area contributed by atoms with Gasteiger partial charge >= 0.3 is 11.9 Å². The molecule has 108 valence electrons.